The van der Waals surface area contributed by atoms with Crippen molar-refractivity contribution in [1.29, 1.82) is 0 Å². The molecule has 2 aromatic carbocycles. The number of carbonyl (C=O) groups excluding carboxylic acids is 2. The number of hydrogen-bond acceptors (Lipinski definition) is 6. The molecular formula is C19H14F3N3O4. The lowest BCUT2D eigenvalue weighted by molar-refractivity contribution is -0.137. The predicted octanol–water partition coefficient (Wildman–Crippen LogP) is 4.07. The molecule has 0 saturated carbocycles. The Labute approximate surface area is 162 Å². The molecule has 0 bridgehead atoms. The molecule has 1 heterocycles. The molecule has 0 aliphatic rings. The Balaban J connectivity index is 1.63. The van der Waals surface area contributed by atoms with E-state index in [4.69, 9.17) is 9.26 Å². The summed E-state index contributed by atoms with van der Waals surface area (Å²) in [5, 5.41) is 6.18. The largest absolute Gasteiger partial charge is 0.452 e. The Morgan fingerprint density at radius 3 is 2.52 bits per heavy atom. The fourth-order valence-corrected chi connectivity index (χ4v) is 2.37. The van der Waals surface area contributed by atoms with Gasteiger partial charge in [-0.05, 0) is 36.4 Å². The quantitative estimate of drug-likeness (QED) is 0.643. The third kappa shape index (κ3) is 5.18. The van der Waals surface area contributed by atoms with Gasteiger partial charge in [0, 0.05) is 18.2 Å². The zero-order chi connectivity index (χ0) is 21.0. The SMILES string of the molecule is CC(=O)Nc1ccc(C(=O)OCc2nc(-c3cccc(C(F)(F)F)c3)no2)cc1. The van der Waals surface area contributed by atoms with Crippen molar-refractivity contribution in [3.63, 3.8) is 0 Å². The zero-order valence-corrected chi connectivity index (χ0v) is 15.0. The third-order valence-corrected chi connectivity index (χ3v) is 3.68. The van der Waals surface area contributed by atoms with E-state index in [9.17, 15) is 22.8 Å². The van der Waals surface area contributed by atoms with Gasteiger partial charge in [-0.1, -0.05) is 17.3 Å². The van der Waals surface area contributed by atoms with E-state index >= 15 is 0 Å². The maximum atomic E-state index is 12.8. The standard InChI is InChI=1S/C19H14F3N3O4/c1-11(26)23-15-7-5-12(6-8-15)18(27)28-10-16-24-17(25-29-16)13-3-2-4-14(9-13)19(20,21)22/h2-9H,10H2,1H3,(H,23,26). The summed E-state index contributed by atoms with van der Waals surface area (Å²) in [7, 11) is 0. The van der Waals surface area contributed by atoms with E-state index in [1.54, 1.807) is 0 Å². The summed E-state index contributed by atoms with van der Waals surface area (Å²) in [6, 6.07) is 10.5. The van der Waals surface area contributed by atoms with E-state index in [2.05, 4.69) is 15.5 Å². The number of benzene rings is 2. The van der Waals surface area contributed by atoms with Crippen LogP contribution in [0.1, 0.15) is 28.7 Å². The number of halogens is 3. The first-order valence-electron chi connectivity index (χ1n) is 8.27. The highest BCUT2D eigenvalue weighted by Crippen LogP contribution is 2.31. The number of hydrogen-bond donors (Lipinski definition) is 1. The van der Waals surface area contributed by atoms with Crippen molar-refractivity contribution in [2.24, 2.45) is 0 Å². The predicted molar refractivity (Wildman–Crippen MR) is 94.6 cm³/mol. The van der Waals surface area contributed by atoms with Crippen LogP contribution in [0, 0.1) is 0 Å². The molecule has 0 aliphatic heterocycles. The zero-order valence-electron chi connectivity index (χ0n) is 15.0. The number of amides is 1. The molecule has 0 aliphatic carbocycles. The summed E-state index contributed by atoms with van der Waals surface area (Å²) in [5.74, 6) is -1.03. The molecule has 29 heavy (non-hydrogen) atoms. The minimum Gasteiger partial charge on any atom is -0.452 e. The van der Waals surface area contributed by atoms with Crippen LogP contribution >= 0.6 is 0 Å². The normalized spacial score (nSPS) is 11.2. The number of esters is 1. The van der Waals surface area contributed by atoms with E-state index in [1.165, 1.54) is 43.3 Å². The summed E-state index contributed by atoms with van der Waals surface area (Å²) in [6.07, 6.45) is -4.49. The van der Waals surface area contributed by atoms with Crippen molar-refractivity contribution in [2.75, 3.05) is 5.32 Å². The van der Waals surface area contributed by atoms with Crippen molar-refractivity contribution in [1.82, 2.24) is 10.1 Å². The number of carbonyl (C=O) groups is 2. The smallest absolute Gasteiger partial charge is 0.416 e. The van der Waals surface area contributed by atoms with Gasteiger partial charge >= 0.3 is 12.1 Å². The van der Waals surface area contributed by atoms with E-state index < -0.39 is 17.7 Å². The Hall–Kier alpha value is -3.69. The average molecular weight is 405 g/mol. The van der Waals surface area contributed by atoms with E-state index in [0.717, 1.165) is 12.1 Å². The van der Waals surface area contributed by atoms with Crippen LogP contribution in [0.15, 0.2) is 53.1 Å². The first-order chi connectivity index (χ1) is 13.7. The van der Waals surface area contributed by atoms with Crippen molar-refractivity contribution in [3.8, 4) is 11.4 Å². The molecule has 1 amide bonds. The number of ether oxygens (including phenoxy) is 1. The number of aromatic nitrogens is 2. The minimum absolute atomic E-state index is 0.0539. The van der Waals surface area contributed by atoms with Gasteiger partial charge in [0.25, 0.3) is 5.89 Å². The minimum atomic E-state index is -4.49. The Bertz CT molecular complexity index is 1030. The summed E-state index contributed by atoms with van der Waals surface area (Å²) >= 11 is 0. The van der Waals surface area contributed by atoms with Crippen LogP contribution in [-0.4, -0.2) is 22.0 Å². The monoisotopic (exact) mass is 405 g/mol. The van der Waals surface area contributed by atoms with Gasteiger partial charge < -0.3 is 14.6 Å². The molecule has 10 heteroatoms. The van der Waals surface area contributed by atoms with Crippen LogP contribution in [0.2, 0.25) is 0 Å². The molecule has 3 rings (SSSR count). The van der Waals surface area contributed by atoms with E-state index in [0.29, 0.717) is 5.69 Å². The highest BCUT2D eigenvalue weighted by Gasteiger charge is 2.30. The highest BCUT2D eigenvalue weighted by atomic mass is 19.4. The topological polar surface area (TPSA) is 94.3 Å². The lowest BCUT2D eigenvalue weighted by atomic mass is 10.1. The van der Waals surface area contributed by atoms with Gasteiger partial charge in [0.15, 0.2) is 6.61 Å². The summed E-state index contributed by atoms with van der Waals surface area (Å²) in [5.41, 5.74) is 0.0404. The number of nitrogens with zero attached hydrogens (tertiary/aromatic N) is 2. The number of alkyl halides is 3. The molecule has 0 fully saturated rings. The van der Waals surface area contributed by atoms with Crippen LogP contribution in [0.4, 0.5) is 18.9 Å². The Morgan fingerprint density at radius 2 is 1.86 bits per heavy atom. The second-order valence-electron chi connectivity index (χ2n) is 5.92. The maximum absolute atomic E-state index is 12.8. The summed E-state index contributed by atoms with van der Waals surface area (Å²) < 4.78 is 48.4. The molecule has 7 nitrogen and oxygen atoms in total. The van der Waals surface area contributed by atoms with Gasteiger partial charge in [-0.15, -0.1) is 0 Å². The van der Waals surface area contributed by atoms with Gasteiger partial charge in [-0.2, -0.15) is 18.2 Å². The lowest BCUT2D eigenvalue weighted by Crippen LogP contribution is -2.08. The van der Waals surface area contributed by atoms with Gasteiger partial charge in [0.05, 0.1) is 11.1 Å². The second kappa shape index (κ2) is 8.13. The van der Waals surface area contributed by atoms with Crippen molar-refractivity contribution in [2.45, 2.75) is 19.7 Å². The number of rotatable bonds is 5. The molecule has 3 aromatic rings. The van der Waals surface area contributed by atoms with E-state index in [1.807, 2.05) is 0 Å². The van der Waals surface area contributed by atoms with Crippen LogP contribution in [0.25, 0.3) is 11.4 Å². The molecule has 0 saturated heterocycles. The first kappa shape index (κ1) is 20.1. The number of anilines is 1. The maximum Gasteiger partial charge on any atom is 0.416 e. The highest BCUT2D eigenvalue weighted by molar-refractivity contribution is 5.92. The van der Waals surface area contributed by atoms with Crippen molar-refractivity contribution in [3.05, 3.63) is 65.5 Å². The van der Waals surface area contributed by atoms with Crippen LogP contribution in [0.3, 0.4) is 0 Å². The molecule has 0 unspecified atom stereocenters. The number of nitrogens with one attached hydrogen (secondary N) is 1. The summed E-state index contributed by atoms with van der Waals surface area (Å²) in [4.78, 5) is 27.0. The fourth-order valence-electron chi connectivity index (χ4n) is 2.37. The molecule has 150 valence electrons. The second-order valence-corrected chi connectivity index (χ2v) is 5.92. The Kier molecular flexibility index (Phi) is 5.62. The lowest BCUT2D eigenvalue weighted by Gasteiger charge is -2.06. The molecule has 1 N–H and O–H groups in total. The average Bonchev–Trinajstić information content (AvgIpc) is 3.15. The van der Waals surface area contributed by atoms with Gasteiger partial charge in [0.2, 0.25) is 11.7 Å². The summed E-state index contributed by atoms with van der Waals surface area (Å²) in [6.45, 7) is 1.01. The Morgan fingerprint density at radius 1 is 1.14 bits per heavy atom. The van der Waals surface area contributed by atoms with Crippen LogP contribution in [-0.2, 0) is 22.3 Å². The van der Waals surface area contributed by atoms with Gasteiger partial charge in [0.1, 0.15) is 0 Å². The van der Waals surface area contributed by atoms with Crippen molar-refractivity contribution >= 4 is 17.6 Å². The van der Waals surface area contributed by atoms with E-state index in [-0.39, 0.29) is 35.4 Å². The van der Waals surface area contributed by atoms with Gasteiger partial charge in [-0.25, -0.2) is 4.79 Å². The van der Waals surface area contributed by atoms with Gasteiger partial charge in [-0.3, -0.25) is 4.79 Å². The molecule has 0 radical (unpaired) electrons. The molecule has 1 aromatic heterocycles. The first-order valence-corrected chi connectivity index (χ1v) is 8.27. The molecule has 0 atom stereocenters. The van der Waals surface area contributed by atoms with Crippen LogP contribution in [0.5, 0.6) is 0 Å². The fraction of sp³-hybridized carbons (Fsp3) is 0.158. The molecular weight excluding hydrogens is 391 g/mol. The molecule has 0 spiro atoms. The third-order valence-electron chi connectivity index (χ3n) is 3.68. The van der Waals surface area contributed by atoms with Crippen molar-refractivity contribution < 1.29 is 32.0 Å². The van der Waals surface area contributed by atoms with Crippen LogP contribution < -0.4 is 5.32 Å².